The Balaban J connectivity index is -0.00000121. The predicted octanol–water partition coefficient (Wildman–Crippen LogP) is -3.67. The van der Waals surface area contributed by atoms with Gasteiger partial charge in [0.2, 0.25) is 0 Å². The average molecular weight is 452 g/mol. The van der Waals surface area contributed by atoms with Gasteiger partial charge in [-0.2, -0.15) is 11.3 Å². The van der Waals surface area contributed by atoms with Crippen molar-refractivity contribution in [3.05, 3.63) is 51.7 Å². The van der Waals surface area contributed by atoms with Crippen LogP contribution in [0, 0.1) is 26.8 Å². The number of benzene rings is 1. The summed E-state index contributed by atoms with van der Waals surface area (Å²) in [5, 5.41) is 3.32. The van der Waals surface area contributed by atoms with Crippen LogP contribution in [0.1, 0.15) is 49.8 Å². The van der Waals surface area contributed by atoms with Crippen LogP contribution in [0.2, 0.25) is 12.6 Å². The van der Waals surface area contributed by atoms with E-state index in [4.69, 9.17) is 0 Å². The molecule has 5 heteroatoms. The second-order valence-electron chi connectivity index (χ2n) is 6.83. The molecule has 0 amide bonds. The van der Waals surface area contributed by atoms with Crippen molar-refractivity contribution in [2.75, 3.05) is 0 Å². The minimum atomic E-state index is -1.63. The quantitative estimate of drug-likeness (QED) is 0.320. The average Bonchev–Trinajstić information content (AvgIpc) is 2.82. The van der Waals surface area contributed by atoms with E-state index in [9.17, 15) is 0 Å². The summed E-state index contributed by atoms with van der Waals surface area (Å²) in [6.07, 6.45) is 9.62. The Morgan fingerprint density at radius 1 is 1.00 bits per heavy atom. The molecular weight excluding hydrogens is 423 g/mol. The SMILES string of the molecule is CCCC[Si](C)(C1=CC[C-]=C1C)c1c(C)cc(C)cc1C.[Cl-].[Cl-].[Cl-].[Ti+4]. The molecule has 0 saturated heterocycles. The van der Waals surface area contributed by atoms with Crippen LogP contribution < -0.4 is 42.4 Å². The van der Waals surface area contributed by atoms with Gasteiger partial charge in [-0.3, -0.25) is 6.08 Å². The Kier molecular flexibility index (Phi) is 15.5. The summed E-state index contributed by atoms with van der Waals surface area (Å²) in [7, 11) is -1.63. The van der Waals surface area contributed by atoms with Crippen LogP contribution in [0.25, 0.3) is 0 Å². The first-order valence-corrected chi connectivity index (χ1v) is 11.0. The van der Waals surface area contributed by atoms with Crippen LogP contribution in [0.15, 0.2) is 29.0 Å². The largest absolute Gasteiger partial charge is 4.00 e. The number of hydrogen-bond donors (Lipinski definition) is 0. The number of allylic oxidation sites excluding steroid dienone is 4. The molecule has 0 saturated carbocycles. The Hall–Kier alpha value is 0.501. The zero-order valence-corrected chi connectivity index (χ0v) is 21.0. The maximum atomic E-state index is 3.53. The van der Waals surface area contributed by atoms with E-state index in [1.165, 1.54) is 41.1 Å². The molecule has 138 valence electrons. The Morgan fingerprint density at radius 2 is 1.52 bits per heavy atom. The molecule has 0 bridgehead atoms. The van der Waals surface area contributed by atoms with Crippen molar-refractivity contribution in [2.24, 2.45) is 0 Å². The summed E-state index contributed by atoms with van der Waals surface area (Å²) >= 11 is 0. The van der Waals surface area contributed by atoms with Crippen LogP contribution in [0.5, 0.6) is 0 Å². The molecule has 1 aliphatic carbocycles. The zero-order valence-electron chi connectivity index (χ0n) is 16.2. The van der Waals surface area contributed by atoms with E-state index in [2.05, 4.69) is 65.5 Å². The third kappa shape index (κ3) is 6.56. The van der Waals surface area contributed by atoms with Gasteiger partial charge < -0.3 is 37.2 Å². The van der Waals surface area contributed by atoms with Crippen molar-refractivity contribution in [3.8, 4) is 0 Å². The van der Waals surface area contributed by atoms with E-state index in [0.29, 0.717) is 0 Å². The molecule has 0 aromatic heterocycles. The molecule has 0 N–H and O–H groups in total. The van der Waals surface area contributed by atoms with Crippen molar-refractivity contribution in [1.82, 2.24) is 0 Å². The monoisotopic (exact) mass is 450 g/mol. The zero-order chi connectivity index (χ0) is 15.6. The predicted molar refractivity (Wildman–Crippen MR) is 96.8 cm³/mol. The van der Waals surface area contributed by atoms with Gasteiger partial charge in [-0.25, -0.2) is 5.57 Å². The summed E-state index contributed by atoms with van der Waals surface area (Å²) in [5.74, 6) is 0. The van der Waals surface area contributed by atoms with Crippen LogP contribution in [-0.2, 0) is 21.7 Å². The second kappa shape index (κ2) is 12.8. The molecule has 2 rings (SSSR count). The summed E-state index contributed by atoms with van der Waals surface area (Å²) < 4.78 is 0. The number of hydrogen-bond acceptors (Lipinski definition) is 0. The molecule has 1 aliphatic rings. The van der Waals surface area contributed by atoms with Gasteiger partial charge in [0, 0.05) is 8.07 Å². The fourth-order valence-corrected chi connectivity index (χ4v) is 9.37. The normalized spacial score (nSPS) is 14.6. The Bertz CT molecular complexity index is 588. The van der Waals surface area contributed by atoms with Gasteiger partial charge >= 0.3 is 21.7 Å². The van der Waals surface area contributed by atoms with Gasteiger partial charge in [0.25, 0.3) is 0 Å². The van der Waals surface area contributed by atoms with E-state index < -0.39 is 8.07 Å². The van der Waals surface area contributed by atoms with E-state index in [0.717, 1.165) is 6.42 Å². The Morgan fingerprint density at radius 3 is 1.92 bits per heavy atom. The molecular formula is C20H29Cl3SiTi. The maximum absolute atomic E-state index is 3.53. The summed E-state index contributed by atoms with van der Waals surface area (Å²) in [4.78, 5) is 0. The van der Waals surface area contributed by atoms with Gasteiger partial charge in [0.15, 0.2) is 0 Å². The van der Waals surface area contributed by atoms with E-state index in [1.807, 2.05) is 0 Å². The number of halogens is 3. The van der Waals surface area contributed by atoms with Gasteiger partial charge in [0.1, 0.15) is 0 Å². The molecule has 0 radical (unpaired) electrons. The van der Waals surface area contributed by atoms with Crippen molar-refractivity contribution in [1.29, 1.82) is 0 Å². The third-order valence-electron chi connectivity index (χ3n) is 4.93. The minimum Gasteiger partial charge on any atom is -1.00 e. The fraction of sp³-hybridized carbons (Fsp3) is 0.500. The van der Waals surface area contributed by atoms with E-state index in [1.54, 1.807) is 10.4 Å². The van der Waals surface area contributed by atoms with Crippen LogP contribution in [0.4, 0.5) is 0 Å². The van der Waals surface area contributed by atoms with Gasteiger partial charge in [-0.15, -0.1) is 6.42 Å². The summed E-state index contributed by atoms with van der Waals surface area (Å²) in [5.41, 5.74) is 5.80. The Labute approximate surface area is 189 Å². The number of rotatable bonds is 5. The molecule has 0 fully saturated rings. The molecule has 0 heterocycles. The molecule has 0 spiro atoms. The first-order valence-electron chi connectivity index (χ1n) is 8.27. The molecule has 1 aromatic rings. The van der Waals surface area contributed by atoms with Crippen molar-refractivity contribution >= 4 is 13.3 Å². The third-order valence-corrected chi connectivity index (χ3v) is 9.94. The number of aryl methyl sites for hydroxylation is 3. The minimum absolute atomic E-state index is 0. The fourth-order valence-electron chi connectivity index (χ4n) is 4.17. The van der Waals surface area contributed by atoms with Crippen LogP contribution in [-0.4, -0.2) is 8.07 Å². The topological polar surface area (TPSA) is 0 Å². The number of unbranched alkanes of at least 4 members (excludes halogenated alkanes) is 1. The molecule has 25 heavy (non-hydrogen) atoms. The van der Waals surface area contributed by atoms with Crippen molar-refractivity contribution in [2.45, 2.75) is 66.5 Å². The maximum Gasteiger partial charge on any atom is 4.00 e. The van der Waals surface area contributed by atoms with E-state index in [-0.39, 0.29) is 58.9 Å². The summed E-state index contributed by atoms with van der Waals surface area (Å²) in [6.45, 7) is 14.0. The van der Waals surface area contributed by atoms with Gasteiger partial charge in [0.05, 0.1) is 0 Å². The van der Waals surface area contributed by atoms with Crippen LogP contribution >= 0.6 is 0 Å². The van der Waals surface area contributed by atoms with Gasteiger partial charge in [-0.1, -0.05) is 73.3 Å². The summed E-state index contributed by atoms with van der Waals surface area (Å²) in [6, 6.07) is 6.11. The second-order valence-corrected chi connectivity index (χ2v) is 11.0. The standard InChI is InChI=1S/C20H29Si.3ClH.Ti/c1-7-8-12-21(6,19-11-9-10-16(19)3)20-17(4)13-15(2)14-18(20)5;;;;/h11,13-14H,7-9,12H2,1-6H3;3*1H;/q-1;;;;+4/p-3. The van der Waals surface area contributed by atoms with Gasteiger partial charge in [-0.05, 0) is 20.8 Å². The molecule has 1 unspecified atom stereocenters. The first-order chi connectivity index (χ1) is 9.90. The molecule has 1 atom stereocenters. The van der Waals surface area contributed by atoms with Crippen molar-refractivity contribution < 1.29 is 58.9 Å². The smallest absolute Gasteiger partial charge is 1.00 e. The molecule has 1 aromatic carbocycles. The molecule has 0 aliphatic heterocycles. The van der Waals surface area contributed by atoms with E-state index >= 15 is 0 Å². The first kappa shape index (κ1) is 30.2. The van der Waals surface area contributed by atoms with Crippen molar-refractivity contribution in [3.63, 3.8) is 0 Å². The molecule has 0 nitrogen and oxygen atoms in total. The van der Waals surface area contributed by atoms with Crippen LogP contribution in [0.3, 0.4) is 0 Å².